The minimum absolute atomic E-state index is 0.165. The highest BCUT2D eigenvalue weighted by Crippen LogP contribution is 2.47. The maximum atomic E-state index is 11.1. The van der Waals surface area contributed by atoms with E-state index in [1.165, 1.54) is 25.9 Å². The second-order valence-electron chi connectivity index (χ2n) is 8.57. The molecule has 4 saturated heterocycles. The van der Waals surface area contributed by atoms with E-state index in [9.17, 15) is 8.42 Å². The summed E-state index contributed by atoms with van der Waals surface area (Å²) in [4.78, 5) is 2.36. The fraction of sp³-hybridized carbons (Fsp3) is 1.00. The molecule has 0 aliphatic carbocycles. The Morgan fingerprint density at radius 2 is 1.71 bits per heavy atom. The van der Waals surface area contributed by atoms with Gasteiger partial charge in [0.05, 0.1) is 6.61 Å². The van der Waals surface area contributed by atoms with E-state index in [0.717, 1.165) is 0 Å². The van der Waals surface area contributed by atoms with Crippen LogP contribution >= 0.6 is 0 Å². The molecule has 0 radical (unpaired) electrons. The molecule has 0 aromatic heterocycles. The van der Waals surface area contributed by atoms with E-state index in [1.807, 2.05) is 0 Å². The Morgan fingerprint density at radius 3 is 2.25 bits per heavy atom. The molecule has 0 amide bonds. The van der Waals surface area contributed by atoms with E-state index in [0.29, 0.717) is 0 Å². The zero-order valence-electron chi connectivity index (χ0n) is 17.2. The maximum absolute atomic E-state index is 11.1. The van der Waals surface area contributed by atoms with Gasteiger partial charge in [0.1, 0.15) is 24.9 Å². The highest BCUT2D eigenvalue weighted by Gasteiger charge is 2.65. The van der Waals surface area contributed by atoms with Crippen molar-refractivity contribution in [2.75, 3.05) is 33.4 Å². The minimum atomic E-state index is -4.14. The summed E-state index contributed by atoms with van der Waals surface area (Å²) in [6.45, 7) is 9.35. The molecule has 4 heterocycles. The highest BCUT2D eigenvalue weighted by atomic mass is 32.2. The van der Waals surface area contributed by atoms with Gasteiger partial charge in [0, 0.05) is 0 Å². The lowest BCUT2D eigenvalue weighted by molar-refractivity contribution is -0.290. The zero-order valence-corrected chi connectivity index (χ0v) is 18.0. The van der Waals surface area contributed by atoms with Gasteiger partial charge in [-0.15, -0.1) is 0 Å². The summed E-state index contributed by atoms with van der Waals surface area (Å²) in [5.74, 6) is -3.19. The van der Waals surface area contributed by atoms with Gasteiger partial charge < -0.3 is 28.6 Å². The topological polar surface area (TPSA) is 119 Å². The molecule has 0 aromatic carbocycles. The molecule has 4 atom stereocenters. The average molecular weight is 425 g/mol. The van der Waals surface area contributed by atoms with Crippen LogP contribution in [0.25, 0.3) is 0 Å². The molecule has 11 heteroatoms. The van der Waals surface area contributed by atoms with Gasteiger partial charge in [-0.3, -0.25) is 4.18 Å². The number of fused-ring (bicyclic) bond motifs is 3. The zero-order chi connectivity index (χ0) is 20.8. The Hall–Kier alpha value is -0.370. The first kappa shape index (κ1) is 22.3. The van der Waals surface area contributed by atoms with E-state index in [2.05, 4.69) is 11.9 Å². The number of ether oxygens (including phenoxy) is 5. The summed E-state index contributed by atoms with van der Waals surface area (Å²) in [5, 5.41) is 4.89. The lowest BCUT2D eigenvalue weighted by Gasteiger charge is -2.40. The molecule has 4 rings (SSSR count). The minimum Gasteiger partial charge on any atom is -0.343 e. The molecule has 0 saturated carbocycles. The molecule has 4 aliphatic rings. The molecule has 0 bridgehead atoms. The van der Waals surface area contributed by atoms with Crippen molar-refractivity contribution >= 4 is 10.3 Å². The van der Waals surface area contributed by atoms with Gasteiger partial charge in [-0.2, -0.15) is 8.42 Å². The molecule has 28 heavy (non-hydrogen) atoms. The summed E-state index contributed by atoms with van der Waals surface area (Å²) in [5.41, 5.74) is 0. The van der Waals surface area contributed by atoms with Crippen molar-refractivity contribution in [2.45, 2.75) is 76.2 Å². The Bertz CT molecular complexity index is 664. The van der Waals surface area contributed by atoms with Crippen LogP contribution in [0.3, 0.4) is 0 Å². The molecule has 10 nitrogen and oxygen atoms in total. The van der Waals surface area contributed by atoms with Gasteiger partial charge in [0.15, 0.2) is 11.6 Å². The first-order valence-corrected chi connectivity index (χ1v) is 11.0. The Kier molecular flexibility index (Phi) is 6.15. The van der Waals surface area contributed by atoms with Crippen molar-refractivity contribution in [1.82, 2.24) is 4.90 Å². The van der Waals surface area contributed by atoms with E-state index in [-0.39, 0.29) is 12.7 Å². The quantitative estimate of drug-likeness (QED) is 0.683. The van der Waals surface area contributed by atoms with Crippen LogP contribution in [0.4, 0.5) is 0 Å². The van der Waals surface area contributed by atoms with Gasteiger partial charge in [-0.25, -0.2) is 5.14 Å². The van der Waals surface area contributed by atoms with Gasteiger partial charge in [-0.05, 0) is 60.7 Å². The molecule has 164 valence electrons. The first-order chi connectivity index (χ1) is 12.8. The molecule has 0 spiro atoms. The van der Waals surface area contributed by atoms with Crippen molar-refractivity contribution in [1.29, 1.82) is 0 Å². The van der Waals surface area contributed by atoms with Crippen molar-refractivity contribution in [3.05, 3.63) is 0 Å². The van der Waals surface area contributed by atoms with E-state index < -0.39 is 46.5 Å². The normalized spacial score (nSPS) is 39.1. The third kappa shape index (κ3) is 5.21. The Morgan fingerprint density at radius 1 is 1.07 bits per heavy atom. The fourth-order valence-electron chi connectivity index (χ4n) is 3.99. The number of likely N-dealkylation sites (tertiary alicyclic amines) is 1. The summed E-state index contributed by atoms with van der Waals surface area (Å²) >= 11 is 0. The van der Waals surface area contributed by atoms with Crippen LogP contribution in [0.5, 0.6) is 0 Å². The summed E-state index contributed by atoms with van der Waals surface area (Å²) in [6.07, 6.45) is 1.33. The fourth-order valence-corrected chi connectivity index (χ4v) is 4.32. The number of hydrogen-bond acceptors (Lipinski definition) is 9. The van der Waals surface area contributed by atoms with Crippen LogP contribution in [0.1, 0.15) is 40.5 Å². The van der Waals surface area contributed by atoms with Crippen molar-refractivity contribution < 1.29 is 36.3 Å². The molecule has 0 aromatic rings. The number of hydrogen-bond donors (Lipinski definition) is 1. The molecular formula is C17H32N2O8S. The number of rotatable bonds is 3. The monoisotopic (exact) mass is 424 g/mol. The number of nitrogens with two attached hydrogens (primary N) is 1. The van der Waals surface area contributed by atoms with Gasteiger partial charge in [-0.1, -0.05) is 0 Å². The molecule has 4 aliphatic heterocycles. The highest BCUT2D eigenvalue weighted by molar-refractivity contribution is 7.84. The molecular weight excluding hydrogens is 392 g/mol. The predicted molar refractivity (Wildman–Crippen MR) is 98.3 cm³/mol. The third-order valence-electron chi connectivity index (χ3n) is 5.03. The lowest BCUT2D eigenvalue weighted by atomic mass is 9.98. The van der Waals surface area contributed by atoms with E-state index in [1.54, 1.807) is 27.7 Å². The molecule has 0 unspecified atom stereocenters. The van der Waals surface area contributed by atoms with Crippen molar-refractivity contribution in [3.8, 4) is 0 Å². The lowest BCUT2D eigenvalue weighted by Crippen LogP contribution is -2.60. The maximum Gasteiger partial charge on any atom is 0.333 e. The Labute approximate surface area is 166 Å². The average Bonchev–Trinajstić information content (AvgIpc) is 3.19. The van der Waals surface area contributed by atoms with Gasteiger partial charge in [0.2, 0.25) is 5.79 Å². The summed E-state index contributed by atoms with van der Waals surface area (Å²) in [7, 11) is -1.96. The van der Waals surface area contributed by atoms with Crippen molar-refractivity contribution in [3.63, 3.8) is 0 Å². The van der Waals surface area contributed by atoms with E-state index >= 15 is 0 Å². The third-order valence-corrected chi connectivity index (χ3v) is 5.48. The standard InChI is InChI=1S/C12H21NO8S.C5H11N/c1-10(2)18-7-5-16-12(6-17-22(13,14)15)9(8(7)19-10)20-11(3,4)21-12;1-6-4-2-3-5-6/h7-9H,5-6H2,1-4H3,(H2,13,14,15);2-5H2,1H3/t7-,8-,9+,12+;/m1./s1. The van der Waals surface area contributed by atoms with Crippen LogP contribution < -0.4 is 5.14 Å². The van der Waals surface area contributed by atoms with Gasteiger partial charge >= 0.3 is 10.3 Å². The van der Waals surface area contributed by atoms with Crippen LogP contribution in [-0.4, -0.2) is 82.3 Å². The number of nitrogens with zero attached hydrogens (tertiary/aromatic N) is 1. The van der Waals surface area contributed by atoms with Crippen molar-refractivity contribution in [2.24, 2.45) is 5.14 Å². The SMILES string of the molecule is CC1(C)O[C@@H]2[C@@H](CO[C@@]3(COS(N)(=O)=O)OC(C)(C)O[C@@H]23)O1.CN1CCCC1. The summed E-state index contributed by atoms with van der Waals surface area (Å²) < 4.78 is 55.9. The largest absolute Gasteiger partial charge is 0.343 e. The van der Waals surface area contributed by atoms with Gasteiger partial charge in [0.25, 0.3) is 0 Å². The molecule has 2 N–H and O–H groups in total. The molecule has 4 fully saturated rings. The Balaban J connectivity index is 0.000000320. The second-order valence-corrected chi connectivity index (χ2v) is 9.79. The van der Waals surface area contributed by atoms with Crippen LogP contribution in [0, 0.1) is 0 Å². The van der Waals surface area contributed by atoms with Crippen LogP contribution in [-0.2, 0) is 38.2 Å². The van der Waals surface area contributed by atoms with Crippen LogP contribution in [0.2, 0.25) is 0 Å². The predicted octanol–water partition coefficient (Wildman–Crippen LogP) is 0.317. The smallest absolute Gasteiger partial charge is 0.333 e. The summed E-state index contributed by atoms with van der Waals surface area (Å²) in [6, 6.07) is 0. The van der Waals surface area contributed by atoms with Crippen LogP contribution in [0.15, 0.2) is 0 Å². The second kappa shape index (κ2) is 7.71. The van der Waals surface area contributed by atoms with E-state index in [4.69, 9.17) is 33.0 Å². The first-order valence-electron chi connectivity index (χ1n) is 9.54.